The van der Waals surface area contributed by atoms with E-state index in [9.17, 15) is 14.3 Å². The van der Waals surface area contributed by atoms with Gasteiger partial charge >= 0.3 is 0 Å². The molecule has 0 aliphatic heterocycles. The molecule has 3 rings (SSSR count). The molecule has 2 aromatic heterocycles. The van der Waals surface area contributed by atoms with Gasteiger partial charge < -0.3 is 21.3 Å². The Hall–Kier alpha value is -2.85. The van der Waals surface area contributed by atoms with Crippen molar-refractivity contribution in [3.05, 3.63) is 65.1 Å². The van der Waals surface area contributed by atoms with Crippen LogP contribution in [0.2, 0.25) is 0 Å². The molecule has 2 heterocycles. The van der Waals surface area contributed by atoms with Gasteiger partial charge in [-0.05, 0) is 43.3 Å². The Morgan fingerprint density at radius 2 is 2.09 bits per heavy atom. The molecule has 1 amide bonds. The van der Waals surface area contributed by atoms with Crippen LogP contribution >= 0.6 is 11.3 Å². The Morgan fingerprint density at radius 3 is 2.75 bits per heavy atom. The molecule has 32 heavy (non-hydrogen) atoms. The molecule has 170 valence electrons. The first-order chi connectivity index (χ1) is 15.3. The lowest BCUT2D eigenvalue weighted by Gasteiger charge is -2.15. The second-order valence-corrected chi connectivity index (χ2v) is 8.53. The molecular weight excluding hydrogens is 431 g/mol. The summed E-state index contributed by atoms with van der Waals surface area (Å²) in [6, 6.07) is 11.6. The Kier molecular flexibility index (Phi) is 7.92. The summed E-state index contributed by atoms with van der Waals surface area (Å²) in [7, 11) is 1.88. The van der Waals surface area contributed by atoms with Gasteiger partial charge in [0.1, 0.15) is 16.6 Å². The Bertz CT molecular complexity index is 1090. The number of benzene rings is 1. The van der Waals surface area contributed by atoms with Crippen LogP contribution in [-0.4, -0.2) is 46.2 Å². The van der Waals surface area contributed by atoms with Gasteiger partial charge in [0, 0.05) is 23.5 Å². The lowest BCUT2D eigenvalue weighted by Crippen LogP contribution is -2.22. The average molecular weight is 459 g/mol. The molecule has 1 unspecified atom stereocenters. The Labute approximate surface area is 190 Å². The SMILES string of the molecule is CCC(O)c1ccc(-c2cc(C(N)=O)c(Nc3cccc(CN(C)CCO)n3)s2)c(F)c1. The summed E-state index contributed by atoms with van der Waals surface area (Å²) in [6.07, 6.45) is -0.241. The molecular formula is C23H27FN4O3S. The summed E-state index contributed by atoms with van der Waals surface area (Å²) < 4.78 is 14.8. The fraction of sp³-hybridized carbons (Fsp3) is 0.304. The maximum atomic E-state index is 14.8. The lowest BCUT2D eigenvalue weighted by atomic mass is 10.0. The third kappa shape index (κ3) is 5.68. The number of amides is 1. The number of aliphatic hydroxyl groups is 2. The van der Waals surface area contributed by atoms with Crippen molar-refractivity contribution in [3.8, 4) is 10.4 Å². The predicted molar refractivity (Wildman–Crippen MR) is 124 cm³/mol. The number of anilines is 2. The molecule has 7 nitrogen and oxygen atoms in total. The summed E-state index contributed by atoms with van der Waals surface area (Å²) >= 11 is 1.20. The zero-order valence-electron chi connectivity index (χ0n) is 18.0. The number of nitrogens with one attached hydrogen (secondary N) is 1. The van der Waals surface area contributed by atoms with E-state index in [0.29, 0.717) is 46.3 Å². The number of carbonyl (C=O) groups is 1. The minimum Gasteiger partial charge on any atom is -0.395 e. The van der Waals surface area contributed by atoms with Crippen LogP contribution in [-0.2, 0) is 6.54 Å². The summed E-state index contributed by atoms with van der Waals surface area (Å²) in [4.78, 5) is 19.0. The largest absolute Gasteiger partial charge is 0.395 e. The van der Waals surface area contributed by atoms with Gasteiger partial charge in [-0.25, -0.2) is 9.37 Å². The third-order valence-electron chi connectivity index (χ3n) is 4.99. The van der Waals surface area contributed by atoms with Crippen molar-refractivity contribution in [1.29, 1.82) is 0 Å². The van der Waals surface area contributed by atoms with E-state index in [1.165, 1.54) is 17.4 Å². The smallest absolute Gasteiger partial charge is 0.251 e. The van der Waals surface area contributed by atoms with E-state index in [1.54, 1.807) is 24.3 Å². The fourth-order valence-corrected chi connectivity index (χ4v) is 4.35. The number of pyridine rings is 1. The van der Waals surface area contributed by atoms with Gasteiger partial charge in [-0.2, -0.15) is 0 Å². The minimum atomic E-state index is -0.727. The number of nitrogens with zero attached hydrogens (tertiary/aromatic N) is 2. The number of aliphatic hydroxyl groups excluding tert-OH is 2. The summed E-state index contributed by atoms with van der Waals surface area (Å²) in [5, 5.41) is 22.6. The zero-order valence-corrected chi connectivity index (χ0v) is 18.8. The first kappa shape index (κ1) is 23.8. The van der Waals surface area contributed by atoms with Crippen LogP contribution in [0, 0.1) is 5.82 Å². The molecule has 9 heteroatoms. The number of rotatable bonds is 10. The number of primary amides is 1. The van der Waals surface area contributed by atoms with E-state index >= 15 is 0 Å². The average Bonchev–Trinajstić information content (AvgIpc) is 3.17. The van der Waals surface area contributed by atoms with Gasteiger partial charge in [0.2, 0.25) is 0 Å². The van der Waals surface area contributed by atoms with E-state index in [1.807, 2.05) is 31.0 Å². The number of aromatic nitrogens is 1. The second kappa shape index (κ2) is 10.6. The molecule has 0 saturated carbocycles. The van der Waals surface area contributed by atoms with E-state index in [2.05, 4.69) is 10.3 Å². The Morgan fingerprint density at radius 1 is 1.31 bits per heavy atom. The van der Waals surface area contributed by atoms with E-state index in [4.69, 9.17) is 10.8 Å². The predicted octanol–water partition coefficient (Wildman–Crippen LogP) is 3.66. The monoisotopic (exact) mass is 458 g/mol. The van der Waals surface area contributed by atoms with Crippen molar-refractivity contribution < 1.29 is 19.4 Å². The first-order valence-electron chi connectivity index (χ1n) is 10.3. The molecule has 0 bridgehead atoms. The molecule has 1 aromatic carbocycles. The van der Waals surface area contributed by atoms with Crippen LogP contribution in [0.5, 0.6) is 0 Å². The normalized spacial score (nSPS) is 12.2. The van der Waals surface area contributed by atoms with E-state index in [-0.39, 0.29) is 12.2 Å². The Balaban J connectivity index is 1.89. The summed E-state index contributed by atoms with van der Waals surface area (Å²) in [5.74, 6) is -0.587. The van der Waals surface area contributed by atoms with Gasteiger partial charge in [-0.1, -0.05) is 25.1 Å². The highest BCUT2D eigenvalue weighted by molar-refractivity contribution is 7.19. The van der Waals surface area contributed by atoms with Gasteiger partial charge in [-0.3, -0.25) is 9.69 Å². The molecule has 0 radical (unpaired) electrons. The van der Waals surface area contributed by atoms with Crippen LogP contribution in [0.3, 0.4) is 0 Å². The van der Waals surface area contributed by atoms with Crippen molar-refractivity contribution in [2.24, 2.45) is 5.73 Å². The van der Waals surface area contributed by atoms with E-state index in [0.717, 1.165) is 5.69 Å². The molecule has 0 aliphatic rings. The molecule has 3 aromatic rings. The number of carbonyl (C=O) groups excluding carboxylic acids is 1. The fourth-order valence-electron chi connectivity index (χ4n) is 3.25. The van der Waals surface area contributed by atoms with Crippen molar-refractivity contribution >= 4 is 28.1 Å². The third-order valence-corrected chi connectivity index (χ3v) is 6.07. The van der Waals surface area contributed by atoms with Crippen molar-refractivity contribution in [2.45, 2.75) is 26.0 Å². The highest BCUT2D eigenvalue weighted by atomic mass is 32.1. The summed E-state index contributed by atoms with van der Waals surface area (Å²) in [6.45, 7) is 2.96. The van der Waals surface area contributed by atoms with E-state index < -0.39 is 17.8 Å². The van der Waals surface area contributed by atoms with Crippen LogP contribution in [0.25, 0.3) is 10.4 Å². The summed E-state index contributed by atoms with van der Waals surface area (Å²) in [5.41, 5.74) is 7.42. The second-order valence-electron chi connectivity index (χ2n) is 7.48. The number of likely N-dealkylation sites (N-methyl/N-ethyl adjacent to an activating group) is 1. The van der Waals surface area contributed by atoms with Crippen molar-refractivity contribution in [1.82, 2.24) is 9.88 Å². The molecule has 0 saturated heterocycles. The highest BCUT2D eigenvalue weighted by Crippen LogP contribution is 2.38. The number of hydrogen-bond donors (Lipinski definition) is 4. The standard InChI is InChI=1S/C23H27FN4O3S/c1-3-19(30)14-7-8-16(18(24)11-14)20-12-17(22(25)31)23(32-20)27-21-6-4-5-15(26-21)13-28(2)9-10-29/h4-8,11-12,19,29-30H,3,9-10,13H2,1-2H3,(H2,25,31)(H,26,27). The van der Waals surface area contributed by atoms with Crippen LogP contribution in [0.1, 0.15) is 41.1 Å². The van der Waals surface area contributed by atoms with Crippen LogP contribution < -0.4 is 11.1 Å². The van der Waals surface area contributed by atoms with Crippen LogP contribution in [0.15, 0.2) is 42.5 Å². The highest BCUT2D eigenvalue weighted by Gasteiger charge is 2.18. The van der Waals surface area contributed by atoms with Gasteiger partial charge in [0.05, 0.1) is 24.0 Å². The zero-order chi connectivity index (χ0) is 23.3. The quantitative estimate of drug-likeness (QED) is 0.369. The molecule has 0 fully saturated rings. The van der Waals surface area contributed by atoms with Gasteiger partial charge in [0.25, 0.3) is 5.91 Å². The van der Waals surface area contributed by atoms with Crippen molar-refractivity contribution in [2.75, 3.05) is 25.5 Å². The number of thiophene rings is 1. The number of halogens is 1. The van der Waals surface area contributed by atoms with Gasteiger partial charge in [-0.15, -0.1) is 11.3 Å². The topological polar surface area (TPSA) is 112 Å². The maximum Gasteiger partial charge on any atom is 0.251 e. The maximum absolute atomic E-state index is 14.8. The van der Waals surface area contributed by atoms with Gasteiger partial charge in [0.15, 0.2) is 0 Å². The first-order valence-corrected chi connectivity index (χ1v) is 11.1. The minimum absolute atomic E-state index is 0.0589. The lowest BCUT2D eigenvalue weighted by molar-refractivity contribution is 0.100. The number of hydrogen-bond acceptors (Lipinski definition) is 7. The molecule has 5 N–H and O–H groups in total. The van der Waals surface area contributed by atoms with Crippen LogP contribution in [0.4, 0.5) is 15.2 Å². The molecule has 0 aliphatic carbocycles. The number of nitrogens with two attached hydrogens (primary N) is 1. The molecule has 0 spiro atoms. The molecule has 1 atom stereocenters. The van der Waals surface area contributed by atoms with Crippen molar-refractivity contribution in [3.63, 3.8) is 0 Å².